The molecule has 8 nitrogen and oxygen atoms in total. The highest BCUT2D eigenvalue weighted by atomic mass is 16.2. The molecule has 26 heavy (non-hydrogen) atoms. The summed E-state index contributed by atoms with van der Waals surface area (Å²) in [5.41, 5.74) is 19.3. The number of anilines is 4. The van der Waals surface area contributed by atoms with E-state index in [9.17, 15) is 4.79 Å². The van der Waals surface area contributed by atoms with Crippen LogP contribution < -0.4 is 27.4 Å². The van der Waals surface area contributed by atoms with Crippen molar-refractivity contribution in [2.75, 3.05) is 22.0 Å². The number of hydrogen-bond acceptors (Lipinski definition) is 7. The molecule has 1 aromatic heterocycles. The van der Waals surface area contributed by atoms with Crippen LogP contribution in [-0.2, 0) is 11.2 Å². The lowest BCUT2D eigenvalue weighted by atomic mass is 10.1. The van der Waals surface area contributed by atoms with Crippen molar-refractivity contribution in [3.8, 4) is 0 Å². The Labute approximate surface area is 150 Å². The van der Waals surface area contributed by atoms with Gasteiger partial charge in [-0.3, -0.25) is 26.5 Å². The van der Waals surface area contributed by atoms with Crippen molar-refractivity contribution in [3.05, 3.63) is 72.6 Å². The minimum Gasteiger partial charge on any atom is -0.393 e. The van der Waals surface area contributed by atoms with E-state index in [4.69, 9.17) is 5.73 Å². The Kier molecular flexibility index (Phi) is 5.46. The van der Waals surface area contributed by atoms with E-state index in [0.29, 0.717) is 11.6 Å². The van der Waals surface area contributed by atoms with Crippen molar-refractivity contribution in [3.63, 3.8) is 0 Å². The summed E-state index contributed by atoms with van der Waals surface area (Å²) in [7, 11) is 0. The fourth-order valence-corrected chi connectivity index (χ4v) is 2.20. The molecule has 8 heteroatoms. The van der Waals surface area contributed by atoms with Gasteiger partial charge in [-0.05, 0) is 17.7 Å². The number of amides is 1. The quantitative estimate of drug-likeness (QED) is 0.415. The molecule has 132 valence electrons. The largest absolute Gasteiger partial charge is 0.393 e. The normalized spacial score (nSPS) is 10.0. The Morgan fingerprint density at radius 2 is 1.46 bits per heavy atom. The number of nitrogens with zero attached hydrogens (tertiary/aromatic N) is 2. The third kappa shape index (κ3) is 4.60. The maximum atomic E-state index is 12.0. The molecule has 0 aliphatic carbocycles. The van der Waals surface area contributed by atoms with E-state index in [-0.39, 0.29) is 18.0 Å². The van der Waals surface area contributed by atoms with Gasteiger partial charge in [0.15, 0.2) is 11.6 Å². The van der Waals surface area contributed by atoms with Gasteiger partial charge in [0.05, 0.1) is 12.1 Å². The number of para-hydroxylation sites is 1. The topological polar surface area (TPSA) is 117 Å². The third-order valence-electron chi connectivity index (χ3n) is 3.51. The summed E-state index contributed by atoms with van der Waals surface area (Å²) < 4.78 is 0. The molecule has 0 saturated carbocycles. The fourth-order valence-electron chi connectivity index (χ4n) is 2.20. The summed E-state index contributed by atoms with van der Waals surface area (Å²) in [6.07, 6.45) is 1.59. The van der Waals surface area contributed by atoms with Crippen LogP contribution in [0.15, 0.2) is 67.0 Å². The summed E-state index contributed by atoms with van der Waals surface area (Å²) in [5, 5.41) is 0. The number of carbonyl (C=O) groups is 1. The van der Waals surface area contributed by atoms with Gasteiger partial charge < -0.3 is 5.73 Å². The number of aromatic nitrogens is 2. The lowest BCUT2D eigenvalue weighted by Crippen LogP contribution is -2.31. The minimum atomic E-state index is -0.203. The van der Waals surface area contributed by atoms with E-state index in [1.165, 1.54) is 6.33 Å². The first kappa shape index (κ1) is 17.0. The van der Waals surface area contributed by atoms with Crippen molar-refractivity contribution in [1.82, 2.24) is 15.4 Å². The van der Waals surface area contributed by atoms with Gasteiger partial charge in [-0.15, -0.1) is 0 Å². The molecule has 0 aliphatic heterocycles. The molecule has 0 unspecified atom stereocenters. The van der Waals surface area contributed by atoms with Crippen molar-refractivity contribution < 1.29 is 4.79 Å². The zero-order valence-electron chi connectivity index (χ0n) is 13.9. The first-order valence-electron chi connectivity index (χ1n) is 7.98. The lowest BCUT2D eigenvalue weighted by molar-refractivity contribution is -0.119. The van der Waals surface area contributed by atoms with Gasteiger partial charge >= 0.3 is 0 Å². The fraction of sp³-hybridized carbons (Fsp3) is 0.0556. The average molecular weight is 349 g/mol. The summed E-state index contributed by atoms with van der Waals surface area (Å²) in [5.74, 6) is 0.494. The minimum absolute atomic E-state index is 0.203. The standard InChI is InChI=1S/C18H19N7O/c19-16-17(24-22-14-9-5-2-6-10-14)20-12-21-18(16)25-23-15(26)11-13-7-3-1-4-8-13/h1-10,12,22H,11,19H2,(H,23,26)(H2,20,21,24,25). The first-order chi connectivity index (χ1) is 12.7. The molecule has 6 N–H and O–H groups in total. The van der Waals surface area contributed by atoms with E-state index < -0.39 is 0 Å². The number of nitrogen functional groups attached to an aromatic ring is 1. The van der Waals surface area contributed by atoms with Gasteiger partial charge in [0.2, 0.25) is 5.91 Å². The van der Waals surface area contributed by atoms with Crippen LogP contribution in [0.1, 0.15) is 5.56 Å². The number of nitrogens with two attached hydrogens (primary N) is 1. The first-order valence-corrected chi connectivity index (χ1v) is 7.98. The molecular weight excluding hydrogens is 330 g/mol. The zero-order valence-corrected chi connectivity index (χ0v) is 13.9. The summed E-state index contributed by atoms with van der Waals surface area (Å²) in [6.45, 7) is 0. The highest BCUT2D eigenvalue weighted by Crippen LogP contribution is 2.21. The zero-order chi connectivity index (χ0) is 18.2. The maximum absolute atomic E-state index is 12.0. The molecule has 0 bridgehead atoms. The second-order valence-electron chi connectivity index (χ2n) is 5.44. The SMILES string of the molecule is Nc1c(NNC(=O)Cc2ccccc2)ncnc1NNc1ccccc1. The molecule has 1 heterocycles. The Balaban J connectivity index is 1.57. The maximum Gasteiger partial charge on any atom is 0.242 e. The van der Waals surface area contributed by atoms with Crippen LogP contribution in [0.5, 0.6) is 0 Å². The number of benzene rings is 2. The average Bonchev–Trinajstić information content (AvgIpc) is 2.68. The molecule has 1 amide bonds. The van der Waals surface area contributed by atoms with E-state index in [1.54, 1.807) is 0 Å². The molecule has 2 aromatic carbocycles. The summed E-state index contributed by atoms with van der Waals surface area (Å²) >= 11 is 0. The predicted molar refractivity (Wildman–Crippen MR) is 102 cm³/mol. The molecule has 3 rings (SSSR count). The van der Waals surface area contributed by atoms with Crippen LogP contribution in [0.2, 0.25) is 0 Å². The van der Waals surface area contributed by atoms with Gasteiger partial charge in [-0.2, -0.15) is 0 Å². The number of hydrogen-bond donors (Lipinski definition) is 5. The van der Waals surface area contributed by atoms with Gasteiger partial charge in [0, 0.05) is 0 Å². The second kappa shape index (κ2) is 8.34. The van der Waals surface area contributed by atoms with Crippen molar-refractivity contribution >= 4 is 28.9 Å². The van der Waals surface area contributed by atoms with Crippen molar-refractivity contribution in [2.24, 2.45) is 0 Å². The second-order valence-corrected chi connectivity index (χ2v) is 5.44. The van der Waals surface area contributed by atoms with E-state index in [1.807, 2.05) is 60.7 Å². The highest BCUT2D eigenvalue weighted by molar-refractivity contribution is 5.82. The number of carbonyl (C=O) groups excluding carboxylic acids is 1. The molecule has 0 spiro atoms. The highest BCUT2D eigenvalue weighted by Gasteiger charge is 2.09. The lowest BCUT2D eigenvalue weighted by Gasteiger charge is -2.14. The predicted octanol–water partition coefficient (Wildman–Crippen LogP) is 2.18. The van der Waals surface area contributed by atoms with Crippen LogP contribution in [-0.4, -0.2) is 15.9 Å². The third-order valence-corrected chi connectivity index (χ3v) is 3.51. The summed E-state index contributed by atoms with van der Waals surface area (Å²) in [4.78, 5) is 20.1. The molecular formula is C18H19N7O. The van der Waals surface area contributed by atoms with Gasteiger partial charge in [-0.25, -0.2) is 9.97 Å². The van der Waals surface area contributed by atoms with E-state index in [2.05, 4.69) is 31.7 Å². The Morgan fingerprint density at radius 1 is 0.846 bits per heavy atom. The van der Waals surface area contributed by atoms with Crippen molar-refractivity contribution in [2.45, 2.75) is 6.42 Å². The van der Waals surface area contributed by atoms with Gasteiger partial charge in [-0.1, -0.05) is 48.5 Å². The Bertz CT molecular complexity index is 856. The van der Waals surface area contributed by atoms with Crippen LogP contribution in [0.4, 0.5) is 23.0 Å². The van der Waals surface area contributed by atoms with Gasteiger partial charge in [0.25, 0.3) is 0 Å². The molecule has 3 aromatic rings. The molecule has 0 radical (unpaired) electrons. The van der Waals surface area contributed by atoms with Crippen LogP contribution >= 0.6 is 0 Å². The monoisotopic (exact) mass is 349 g/mol. The Morgan fingerprint density at radius 3 is 2.15 bits per heavy atom. The van der Waals surface area contributed by atoms with Crippen LogP contribution in [0.3, 0.4) is 0 Å². The van der Waals surface area contributed by atoms with Crippen molar-refractivity contribution in [1.29, 1.82) is 0 Å². The Hall–Kier alpha value is -3.81. The van der Waals surface area contributed by atoms with Crippen LogP contribution in [0, 0.1) is 0 Å². The van der Waals surface area contributed by atoms with Crippen LogP contribution in [0.25, 0.3) is 0 Å². The molecule has 0 aliphatic rings. The van der Waals surface area contributed by atoms with Gasteiger partial charge in [0.1, 0.15) is 12.0 Å². The molecule has 0 atom stereocenters. The molecule has 0 saturated heterocycles. The van der Waals surface area contributed by atoms with E-state index >= 15 is 0 Å². The molecule has 0 fully saturated rings. The smallest absolute Gasteiger partial charge is 0.242 e. The number of hydrazine groups is 2. The van der Waals surface area contributed by atoms with E-state index in [0.717, 1.165) is 11.3 Å². The summed E-state index contributed by atoms with van der Waals surface area (Å²) in [6, 6.07) is 19.0. The number of rotatable bonds is 7. The number of nitrogens with one attached hydrogen (secondary N) is 4.